The van der Waals surface area contributed by atoms with Gasteiger partial charge >= 0.3 is 0 Å². The van der Waals surface area contributed by atoms with Crippen LogP contribution in [0.25, 0.3) is 0 Å². The molecule has 0 fully saturated rings. The number of nitrogens with one attached hydrogen (secondary N) is 1. The maximum Gasteiger partial charge on any atom is 0.120 e. The first-order chi connectivity index (χ1) is 9.25. The molecule has 0 aliphatic heterocycles. The summed E-state index contributed by atoms with van der Waals surface area (Å²) in [7, 11) is 0. The van der Waals surface area contributed by atoms with Crippen molar-refractivity contribution in [3.05, 3.63) is 64.7 Å². The van der Waals surface area contributed by atoms with E-state index in [1.807, 2.05) is 6.07 Å². The van der Waals surface area contributed by atoms with E-state index in [0.29, 0.717) is 17.3 Å². The van der Waals surface area contributed by atoms with E-state index in [1.165, 1.54) is 5.56 Å². The molecule has 0 heterocycles. The van der Waals surface area contributed by atoms with Gasteiger partial charge in [-0.1, -0.05) is 41.9 Å². The zero-order chi connectivity index (χ0) is 13.5. The van der Waals surface area contributed by atoms with E-state index in [2.05, 4.69) is 29.6 Å². The highest BCUT2D eigenvalue weighted by molar-refractivity contribution is 6.30. The third kappa shape index (κ3) is 4.58. The number of aromatic hydroxyl groups is 1. The number of rotatable bonds is 6. The molecule has 0 radical (unpaired) electrons. The lowest BCUT2D eigenvalue weighted by Gasteiger charge is -2.07. The van der Waals surface area contributed by atoms with Crippen LogP contribution in [0.3, 0.4) is 0 Å². The third-order valence-corrected chi connectivity index (χ3v) is 3.25. The average Bonchev–Trinajstić information content (AvgIpc) is 2.43. The first-order valence-electron chi connectivity index (χ1n) is 6.48. The Balaban J connectivity index is 1.71. The van der Waals surface area contributed by atoms with Crippen molar-refractivity contribution in [1.29, 1.82) is 0 Å². The third-order valence-electron chi connectivity index (χ3n) is 3.02. The van der Waals surface area contributed by atoms with Crippen molar-refractivity contribution in [2.24, 2.45) is 0 Å². The molecule has 2 N–H and O–H groups in total. The molecule has 0 amide bonds. The number of aryl methyl sites for hydroxylation is 1. The maximum absolute atomic E-state index is 9.67. The smallest absolute Gasteiger partial charge is 0.120 e. The van der Waals surface area contributed by atoms with Crippen LogP contribution in [0.4, 0.5) is 0 Å². The molecule has 3 heteroatoms. The van der Waals surface area contributed by atoms with Gasteiger partial charge in [-0.3, -0.25) is 0 Å². The second-order valence-corrected chi connectivity index (χ2v) is 4.98. The first-order valence-corrected chi connectivity index (χ1v) is 6.85. The van der Waals surface area contributed by atoms with Crippen molar-refractivity contribution in [3.63, 3.8) is 0 Å². The molecular formula is C16H18ClNO. The molecule has 0 spiro atoms. The minimum absolute atomic E-state index is 0.292. The SMILES string of the molecule is Oc1ccc(Cl)cc1CNCCCc1ccccc1. The van der Waals surface area contributed by atoms with Gasteiger partial charge in [-0.25, -0.2) is 0 Å². The standard InChI is InChI=1S/C16H18ClNO/c17-15-8-9-16(19)14(11-15)12-18-10-4-7-13-5-2-1-3-6-13/h1-3,5-6,8-9,11,18-19H,4,7,10,12H2. The van der Waals surface area contributed by atoms with Crippen LogP contribution in [0.1, 0.15) is 17.5 Å². The fraction of sp³-hybridized carbons (Fsp3) is 0.250. The molecule has 100 valence electrons. The summed E-state index contributed by atoms with van der Waals surface area (Å²) in [5, 5.41) is 13.6. The minimum Gasteiger partial charge on any atom is -0.508 e. The van der Waals surface area contributed by atoms with Crippen molar-refractivity contribution in [2.75, 3.05) is 6.54 Å². The molecule has 0 bridgehead atoms. The van der Waals surface area contributed by atoms with Crippen LogP contribution >= 0.6 is 11.6 Å². The Kier molecular flexibility index (Phi) is 5.25. The van der Waals surface area contributed by atoms with E-state index in [4.69, 9.17) is 11.6 Å². The summed E-state index contributed by atoms with van der Waals surface area (Å²) in [6, 6.07) is 15.6. The van der Waals surface area contributed by atoms with Gasteiger partial charge < -0.3 is 10.4 Å². The Morgan fingerprint density at radius 3 is 2.63 bits per heavy atom. The quantitative estimate of drug-likeness (QED) is 0.787. The summed E-state index contributed by atoms with van der Waals surface area (Å²) in [5.41, 5.74) is 2.20. The average molecular weight is 276 g/mol. The molecule has 0 aromatic heterocycles. The zero-order valence-corrected chi connectivity index (χ0v) is 11.5. The highest BCUT2D eigenvalue weighted by Crippen LogP contribution is 2.21. The molecule has 0 unspecified atom stereocenters. The Hall–Kier alpha value is -1.51. The van der Waals surface area contributed by atoms with Crippen LogP contribution < -0.4 is 5.32 Å². The fourth-order valence-corrected chi connectivity index (χ4v) is 2.18. The molecule has 2 nitrogen and oxygen atoms in total. The largest absolute Gasteiger partial charge is 0.508 e. The topological polar surface area (TPSA) is 32.3 Å². The van der Waals surface area contributed by atoms with Gasteiger partial charge in [0.25, 0.3) is 0 Å². The number of hydrogen-bond acceptors (Lipinski definition) is 2. The van der Waals surface area contributed by atoms with Crippen LogP contribution in [0.2, 0.25) is 5.02 Å². The second-order valence-electron chi connectivity index (χ2n) is 4.54. The van der Waals surface area contributed by atoms with Gasteiger partial charge in [0.1, 0.15) is 5.75 Å². The molecular weight excluding hydrogens is 258 g/mol. The van der Waals surface area contributed by atoms with Crippen LogP contribution in [0.5, 0.6) is 5.75 Å². The second kappa shape index (κ2) is 7.17. The lowest BCUT2D eigenvalue weighted by molar-refractivity contribution is 0.464. The molecule has 0 atom stereocenters. The molecule has 2 rings (SSSR count). The van der Waals surface area contributed by atoms with Crippen LogP contribution in [-0.4, -0.2) is 11.7 Å². The number of halogens is 1. The summed E-state index contributed by atoms with van der Waals surface area (Å²) in [6.07, 6.45) is 2.14. The van der Waals surface area contributed by atoms with Gasteiger partial charge in [-0.05, 0) is 43.1 Å². The van der Waals surface area contributed by atoms with Gasteiger partial charge in [0.15, 0.2) is 0 Å². The predicted molar refractivity (Wildman–Crippen MR) is 79.6 cm³/mol. The Bertz CT molecular complexity index is 513. The monoisotopic (exact) mass is 275 g/mol. The molecule has 19 heavy (non-hydrogen) atoms. The summed E-state index contributed by atoms with van der Waals surface area (Å²) >= 11 is 5.90. The summed E-state index contributed by atoms with van der Waals surface area (Å²) in [5.74, 6) is 0.292. The van der Waals surface area contributed by atoms with Crippen LogP contribution in [0, 0.1) is 0 Å². The van der Waals surface area contributed by atoms with Gasteiger partial charge in [0.2, 0.25) is 0 Å². The molecule has 0 aliphatic carbocycles. The van der Waals surface area contributed by atoms with E-state index in [1.54, 1.807) is 18.2 Å². The predicted octanol–water partition coefficient (Wildman–Crippen LogP) is 3.77. The number of phenolic OH excluding ortho intramolecular Hbond substituents is 1. The highest BCUT2D eigenvalue weighted by Gasteiger charge is 2.01. The van der Waals surface area contributed by atoms with Gasteiger partial charge in [0.05, 0.1) is 0 Å². The van der Waals surface area contributed by atoms with Gasteiger partial charge in [0, 0.05) is 17.1 Å². The molecule has 0 aliphatic rings. The summed E-state index contributed by atoms with van der Waals surface area (Å²) in [4.78, 5) is 0. The fourth-order valence-electron chi connectivity index (χ4n) is 1.98. The number of phenols is 1. The van der Waals surface area contributed by atoms with E-state index < -0.39 is 0 Å². The lowest BCUT2D eigenvalue weighted by Crippen LogP contribution is -2.15. The van der Waals surface area contributed by atoms with Gasteiger partial charge in [-0.2, -0.15) is 0 Å². The Labute approximate surface area is 119 Å². The zero-order valence-electron chi connectivity index (χ0n) is 10.8. The van der Waals surface area contributed by atoms with E-state index >= 15 is 0 Å². The first kappa shape index (κ1) is 13.9. The number of hydrogen-bond donors (Lipinski definition) is 2. The van der Waals surface area contributed by atoms with E-state index in [0.717, 1.165) is 24.9 Å². The van der Waals surface area contributed by atoms with Crippen molar-refractivity contribution in [3.8, 4) is 5.75 Å². The van der Waals surface area contributed by atoms with Gasteiger partial charge in [-0.15, -0.1) is 0 Å². The number of benzene rings is 2. The summed E-state index contributed by atoms with van der Waals surface area (Å²) < 4.78 is 0. The van der Waals surface area contributed by atoms with Crippen molar-refractivity contribution in [2.45, 2.75) is 19.4 Å². The maximum atomic E-state index is 9.67. The Morgan fingerprint density at radius 2 is 1.84 bits per heavy atom. The molecule has 2 aromatic carbocycles. The summed E-state index contributed by atoms with van der Waals surface area (Å²) in [6.45, 7) is 1.56. The highest BCUT2D eigenvalue weighted by atomic mass is 35.5. The van der Waals surface area contributed by atoms with Crippen molar-refractivity contribution >= 4 is 11.6 Å². The molecule has 2 aromatic rings. The van der Waals surface area contributed by atoms with Crippen LogP contribution in [0.15, 0.2) is 48.5 Å². The minimum atomic E-state index is 0.292. The molecule has 0 saturated heterocycles. The van der Waals surface area contributed by atoms with E-state index in [9.17, 15) is 5.11 Å². The van der Waals surface area contributed by atoms with Crippen LogP contribution in [-0.2, 0) is 13.0 Å². The normalized spacial score (nSPS) is 10.6. The molecule has 0 saturated carbocycles. The van der Waals surface area contributed by atoms with Crippen molar-refractivity contribution < 1.29 is 5.11 Å². The van der Waals surface area contributed by atoms with E-state index in [-0.39, 0.29) is 0 Å². The lowest BCUT2D eigenvalue weighted by atomic mass is 10.1. The van der Waals surface area contributed by atoms with Crippen molar-refractivity contribution in [1.82, 2.24) is 5.32 Å². The Morgan fingerprint density at radius 1 is 1.05 bits per heavy atom.